The van der Waals surface area contributed by atoms with Crippen molar-refractivity contribution < 1.29 is 19.4 Å². The minimum atomic E-state index is -0.359. The minimum absolute atomic E-state index is 0.0717. The number of ether oxygens (including phenoxy) is 1. The molecule has 0 spiro atoms. The molecule has 1 heterocycles. The molecule has 2 aromatic carbocycles. The Bertz CT molecular complexity index is 979. The van der Waals surface area contributed by atoms with Gasteiger partial charge in [0.15, 0.2) is 0 Å². The zero-order valence-corrected chi connectivity index (χ0v) is 18.6. The number of anilines is 1. The van der Waals surface area contributed by atoms with E-state index >= 15 is 0 Å². The summed E-state index contributed by atoms with van der Waals surface area (Å²) in [4.78, 5) is 28.1. The summed E-state index contributed by atoms with van der Waals surface area (Å²) in [6, 6.07) is 12.7. The van der Waals surface area contributed by atoms with E-state index in [1.54, 1.807) is 24.3 Å². The minimum Gasteiger partial charge on any atom is -0.493 e. The van der Waals surface area contributed by atoms with Crippen molar-refractivity contribution in [2.75, 3.05) is 23.9 Å². The van der Waals surface area contributed by atoms with Crippen LogP contribution in [-0.2, 0) is 9.59 Å². The summed E-state index contributed by atoms with van der Waals surface area (Å²) < 4.78 is 5.70. The Balaban J connectivity index is 1.94. The van der Waals surface area contributed by atoms with Crippen molar-refractivity contribution >= 4 is 34.8 Å². The first-order chi connectivity index (χ1) is 14.3. The van der Waals surface area contributed by atoms with E-state index in [0.29, 0.717) is 40.2 Å². The van der Waals surface area contributed by atoms with E-state index in [1.165, 1.54) is 16.7 Å². The molecular weight excluding hydrogens is 398 g/mol. The van der Waals surface area contributed by atoms with Gasteiger partial charge in [-0.15, -0.1) is 11.8 Å². The van der Waals surface area contributed by atoms with Crippen LogP contribution in [0.5, 0.6) is 5.75 Å². The summed E-state index contributed by atoms with van der Waals surface area (Å²) in [6.45, 7) is 8.66. The van der Waals surface area contributed by atoms with Gasteiger partial charge in [0.25, 0.3) is 11.8 Å². The molecule has 158 valence electrons. The molecule has 0 radical (unpaired) electrons. The highest BCUT2D eigenvalue weighted by Crippen LogP contribution is 2.39. The van der Waals surface area contributed by atoms with Crippen LogP contribution in [0, 0.1) is 19.8 Å². The second-order valence-electron chi connectivity index (χ2n) is 7.72. The van der Waals surface area contributed by atoms with E-state index in [4.69, 9.17) is 4.74 Å². The van der Waals surface area contributed by atoms with Crippen LogP contribution in [0.4, 0.5) is 5.69 Å². The molecule has 0 bridgehead atoms. The molecule has 0 aromatic heterocycles. The fraction of sp³-hybridized carbons (Fsp3) is 0.333. The van der Waals surface area contributed by atoms with E-state index in [9.17, 15) is 14.7 Å². The van der Waals surface area contributed by atoms with Crippen molar-refractivity contribution in [1.29, 1.82) is 0 Å². The maximum Gasteiger partial charge on any atom is 0.272 e. The topological polar surface area (TPSA) is 66.8 Å². The van der Waals surface area contributed by atoms with Gasteiger partial charge in [-0.1, -0.05) is 32.0 Å². The number of rotatable bonds is 8. The molecule has 1 N–H and O–H groups in total. The highest BCUT2D eigenvalue weighted by atomic mass is 32.2. The third kappa shape index (κ3) is 4.60. The number of aryl methyl sites for hydroxylation is 2. The van der Waals surface area contributed by atoms with Crippen LogP contribution in [0.1, 0.15) is 30.5 Å². The summed E-state index contributed by atoms with van der Waals surface area (Å²) in [7, 11) is 0. The Morgan fingerprint density at radius 3 is 2.30 bits per heavy atom. The first-order valence-electron chi connectivity index (χ1n) is 10.0. The molecule has 0 fully saturated rings. The summed E-state index contributed by atoms with van der Waals surface area (Å²) in [5.74, 6) is 0.742. The quantitative estimate of drug-likeness (QED) is 0.637. The smallest absolute Gasteiger partial charge is 0.272 e. The molecule has 3 rings (SSSR count). The molecule has 0 saturated carbocycles. The van der Waals surface area contributed by atoms with Gasteiger partial charge in [-0.2, -0.15) is 0 Å². The lowest BCUT2D eigenvalue weighted by atomic mass is 10.0. The Kier molecular flexibility index (Phi) is 7.00. The van der Waals surface area contributed by atoms with Gasteiger partial charge >= 0.3 is 0 Å². The maximum atomic E-state index is 13.3. The van der Waals surface area contributed by atoms with Crippen molar-refractivity contribution in [1.82, 2.24) is 0 Å². The van der Waals surface area contributed by atoms with Crippen molar-refractivity contribution in [3.05, 3.63) is 64.1 Å². The molecule has 0 aliphatic carbocycles. The normalized spacial score (nSPS) is 14.3. The van der Waals surface area contributed by atoms with Gasteiger partial charge in [-0.3, -0.25) is 9.59 Å². The van der Waals surface area contributed by atoms with Crippen LogP contribution in [0.2, 0.25) is 0 Å². The van der Waals surface area contributed by atoms with Crippen molar-refractivity contribution in [3.63, 3.8) is 0 Å². The molecule has 30 heavy (non-hydrogen) atoms. The molecular formula is C24H27NO4S. The Labute approximate surface area is 181 Å². The molecule has 1 aliphatic rings. The van der Waals surface area contributed by atoms with Crippen LogP contribution in [0.25, 0.3) is 5.57 Å². The van der Waals surface area contributed by atoms with Crippen molar-refractivity contribution in [2.24, 2.45) is 5.92 Å². The molecule has 2 aromatic rings. The molecule has 0 saturated heterocycles. The highest BCUT2D eigenvalue weighted by molar-refractivity contribution is 8.04. The van der Waals surface area contributed by atoms with Gasteiger partial charge in [-0.25, -0.2) is 4.90 Å². The molecule has 0 unspecified atom stereocenters. The van der Waals surface area contributed by atoms with Crippen LogP contribution < -0.4 is 9.64 Å². The molecule has 1 aliphatic heterocycles. The largest absolute Gasteiger partial charge is 0.493 e. The second-order valence-corrected chi connectivity index (χ2v) is 8.82. The maximum absolute atomic E-state index is 13.3. The lowest BCUT2D eigenvalue weighted by Crippen LogP contribution is -2.31. The summed E-state index contributed by atoms with van der Waals surface area (Å²) in [5, 5.41) is 9.25. The first-order valence-corrected chi connectivity index (χ1v) is 11.0. The monoisotopic (exact) mass is 425 g/mol. The average molecular weight is 426 g/mol. The summed E-state index contributed by atoms with van der Waals surface area (Å²) in [5.41, 5.74) is 3.78. The standard InChI is InChI=1S/C24H27NO4S/c1-15(2)14-29-20-9-7-19(8-10-20)25-23(27)21(22(24(25)28)30-12-11-26)18-6-5-16(3)17(4)13-18/h5-10,13,15,26H,11-12,14H2,1-4H3. The fourth-order valence-corrected chi connectivity index (χ4v) is 3.99. The Morgan fingerprint density at radius 1 is 1.00 bits per heavy atom. The van der Waals surface area contributed by atoms with Crippen LogP contribution in [-0.4, -0.2) is 35.9 Å². The van der Waals surface area contributed by atoms with Crippen LogP contribution in [0.15, 0.2) is 47.4 Å². The van der Waals surface area contributed by atoms with E-state index in [0.717, 1.165) is 16.7 Å². The summed E-state index contributed by atoms with van der Waals surface area (Å²) >= 11 is 1.21. The van der Waals surface area contributed by atoms with E-state index in [1.807, 2.05) is 32.0 Å². The number of carbonyl (C=O) groups is 2. The van der Waals surface area contributed by atoms with Gasteiger partial charge in [0.05, 0.1) is 29.4 Å². The van der Waals surface area contributed by atoms with Gasteiger partial charge < -0.3 is 9.84 Å². The molecule has 2 amide bonds. The van der Waals surface area contributed by atoms with Crippen molar-refractivity contribution in [2.45, 2.75) is 27.7 Å². The number of aliphatic hydroxyl groups excluding tert-OH is 1. The molecule has 5 nitrogen and oxygen atoms in total. The van der Waals surface area contributed by atoms with Gasteiger partial charge in [0.2, 0.25) is 0 Å². The highest BCUT2D eigenvalue weighted by Gasteiger charge is 2.40. The Morgan fingerprint density at radius 2 is 1.70 bits per heavy atom. The van der Waals surface area contributed by atoms with E-state index in [-0.39, 0.29) is 18.4 Å². The first kappa shape index (κ1) is 22.1. The average Bonchev–Trinajstić information content (AvgIpc) is 2.97. The lowest BCUT2D eigenvalue weighted by molar-refractivity contribution is -0.119. The number of hydrogen-bond donors (Lipinski definition) is 1. The number of aliphatic hydroxyl groups is 1. The van der Waals surface area contributed by atoms with E-state index in [2.05, 4.69) is 13.8 Å². The SMILES string of the molecule is Cc1ccc(C2=C(SCCO)C(=O)N(c3ccc(OCC(C)C)cc3)C2=O)cc1C. The van der Waals surface area contributed by atoms with Gasteiger partial charge in [0.1, 0.15) is 5.75 Å². The zero-order chi connectivity index (χ0) is 21.8. The fourth-order valence-electron chi connectivity index (χ4n) is 3.13. The predicted molar refractivity (Wildman–Crippen MR) is 122 cm³/mol. The second kappa shape index (κ2) is 9.49. The number of hydrogen-bond acceptors (Lipinski definition) is 5. The third-order valence-electron chi connectivity index (χ3n) is 4.85. The summed E-state index contributed by atoms with van der Waals surface area (Å²) in [6.07, 6.45) is 0. The molecule has 6 heteroatoms. The predicted octanol–water partition coefficient (Wildman–Crippen LogP) is 4.35. The number of amides is 2. The zero-order valence-electron chi connectivity index (χ0n) is 17.8. The van der Waals surface area contributed by atoms with E-state index < -0.39 is 0 Å². The van der Waals surface area contributed by atoms with Gasteiger partial charge in [0, 0.05) is 5.75 Å². The number of thioether (sulfide) groups is 1. The number of nitrogens with zero attached hydrogens (tertiary/aromatic N) is 1. The third-order valence-corrected chi connectivity index (χ3v) is 5.91. The number of carbonyl (C=O) groups excluding carboxylic acids is 2. The Hall–Kier alpha value is -2.57. The molecule has 0 atom stereocenters. The van der Waals surface area contributed by atoms with Crippen LogP contribution in [0.3, 0.4) is 0 Å². The number of imide groups is 1. The van der Waals surface area contributed by atoms with Gasteiger partial charge in [-0.05, 0) is 60.7 Å². The number of benzene rings is 2. The van der Waals surface area contributed by atoms with Crippen LogP contribution >= 0.6 is 11.8 Å². The van der Waals surface area contributed by atoms with Crippen molar-refractivity contribution in [3.8, 4) is 5.75 Å². The lowest BCUT2D eigenvalue weighted by Gasteiger charge is -2.16.